The minimum atomic E-state index is -0.195. The van der Waals surface area contributed by atoms with E-state index in [0.29, 0.717) is 0 Å². The largest absolute Gasteiger partial charge is 0.490 e. The highest BCUT2D eigenvalue weighted by Crippen LogP contribution is 2.31. The molecule has 3 nitrogen and oxygen atoms in total. The van der Waals surface area contributed by atoms with E-state index in [1.165, 1.54) is 5.56 Å². The second-order valence-corrected chi connectivity index (χ2v) is 5.00. The third-order valence-corrected chi connectivity index (χ3v) is 2.47. The Morgan fingerprint density at radius 1 is 1.19 bits per heavy atom. The minimum absolute atomic E-state index is 0.195. The molecule has 0 aromatic heterocycles. The Morgan fingerprint density at radius 3 is 2.56 bits per heavy atom. The molecule has 0 spiro atoms. The van der Waals surface area contributed by atoms with E-state index in [9.17, 15) is 0 Å². The van der Waals surface area contributed by atoms with E-state index in [4.69, 9.17) is 15.2 Å². The van der Waals surface area contributed by atoms with Crippen molar-refractivity contribution in [1.29, 1.82) is 0 Å². The Hall–Kier alpha value is -1.22. The first-order valence-electron chi connectivity index (χ1n) is 5.72. The van der Waals surface area contributed by atoms with Crippen LogP contribution in [-0.2, 0) is 6.42 Å². The monoisotopic (exact) mass is 221 g/mol. The van der Waals surface area contributed by atoms with Crippen LogP contribution in [0.3, 0.4) is 0 Å². The Bertz CT molecular complexity index is 369. The fraction of sp³-hybridized carbons (Fsp3) is 0.538. The van der Waals surface area contributed by atoms with E-state index >= 15 is 0 Å². The summed E-state index contributed by atoms with van der Waals surface area (Å²) in [5, 5.41) is 0. The topological polar surface area (TPSA) is 44.5 Å². The first-order chi connectivity index (χ1) is 7.54. The summed E-state index contributed by atoms with van der Waals surface area (Å²) in [7, 11) is 0. The maximum atomic E-state index is 6.00. The highest BCUT2D eigenvalue weighted by atomic mass is 16.5. The molecule has 0 fully saturated rings. The summed E-state index contributed by atoms with van der Waals surface area (Å²) in [6, 6.07) is 6.07. The van der Waals surface area contributed by atoms with Gasteiger partial charge in [-0.3, -0.25) is 0 Å². The first-order valence-corrected chi connectivity index (χ1v) is 5.72. The van der Waals surface area contributed by atoms with Crippen LogP contribution in [0.2, 0.25) is 0 Å². The van der Waals surface area contributed by atoms with Crippen LogP contribution in [-0.4, -0.2) is 18.8 Å². The number of fused-ring (bicyclic) bond motifs is 1. The van der Waals surface area contributed by atoms with Crippen LogP contribution in [0.1, 0.15) is 25.8 Å². The molecule has 16 heavy (non-hydrogen) atoms. The van der Waals surface area contributed by atoms with Crippen LogP contribution in [0.5, 0.6) is 11.5 Å². The van der Waals surface area contributed by atoms with E-state index < -0.39 is 0 Å². The Balaban J connectivity index is 2.21. The number of benzene rings is 1. The van der Waals surface area contributed by atoms with Gasteiger partial charge in [-0.2, -0.15) is 0 Å². The van der Waals surface area contributed by atoms with Gasteiger partial charge < -0.3 is 15.2 Å². The predicted molar refractivity (Wildman–Crippen MR) is 64.0 cm³/mol. The van der Waals surface area contributed by atoms with E-state index in [1.807, 2.05) is 26.0 Å². The Morgan fingerprint density at radius 2 is 1.88 bits per heavy atom. The van der Waals surface area contributed by atoms with Crippen LogP contribution in [0.15, 0.2) is 18.2 Å². The standard InChI is InChI=1S/C13H19NO2/c1-13(2,14)9-10-4-5-11-12(8-10)16-7-3-6-15-11/h4-5,8H,3,6-7,9,14H2,1-2H3. The molecule has 2 rings (SSSR count). The molecule has 0 bridgehead atoms. The molecule has 0 unspecified atom stereocenters. The summed E-state index contributed by atoms with van der Waals surface area (Å²) in [5.74, 6) is 1.69. The van der Waals surface area contributed by atoms with E-state index in [1.54, 1.807) is 0 Å². The van der Waals surface area contributed by atoms with E-state index in [0.717, 1.165) is 37.6 Å². The van der Waals surface area contributed by atoms with Crippen molar-refractivity contribution in [3.8, 4) is 11.5 Å². The highest BCUT2D eigenvalue weighted by Gasteiger charge is 2.15. The zero-order valence-corrected chi connectivity index (χ0v) is 9.95. The van der Waals surface area contributed by atoms with Gasteiger partial charge in [-0.05, 0) is 38.0 Å². The predicted octanol–water partition coefficient (Wildman–Crippen LogP) is 2.13. The van der Waals surface area contributed by atoms with Crippen molar-refractivity contribution in [2.45, 2.75) is 32.2 Å². The molecular formula is C13H19NO2. The van der Waals surface area contributed by atoms with Crippen molar-refractivity contribution in [3.05, 3.63) is 23.8 Å². The molecule has 3 heteroatoms. The van der Waals surface area contributed by atoms with Crippen molar-refractivity contribution in [2.75, 3.05) is 13.2 Å². The summed E-state index contributed by atoms with van der Waals surface area (Å²) in [4.78, 5) is 0. The number of ether oxygens (including phenoxy) is 2. The van der Waals surface area contributed by atoms with Crippen molar-refractivity contribution in [2.24, 2.45) is 5.73 Å². The fourth-order valence-corrected chi connectivity index (χ4v) is 1.84. The first kappa shape index (κ1) is 11.3. The van der Waals surface area contributed by atoms with Crippen LogP contribution in [0.25, 0.3) is 0 Å². The maximum absolute atomic E-state index is 6.00. The van der Waals surface area contributed by atoms with Crippen molar-refractivity contribution in [1.82, 2.24) is 0 Å². The van der Waals surface area contributed by atoms with Gasteiger partial charge >= 0.3 is 0 Å². The molecule has 0 amide bonds. The Labute approximate surface area is 96.5 Å². The van der Waals surface area contributed by atoms with Gasteiger partial charge in [-0.25, -0.2) is 0 Å². The third-order valence-electron chi connectivity index (χ3n) is 2.47. The average molecular weight is 221 g/mol. The quantitative estimate of drug-likeness (QED) is 0.832. The molecular weight excluding hydrogens is 202 g/mol. The third kappa shape index (κ3) is 2.89. The molecule has 0 saturated heterocycles. The normalized spacial score (nSPS) is 15.7. The average Bonchev–Trinajstić information content (AvgIpc) is 2.39. The summed E-state index contributed by atoms with van der Waals surface area (Å²) in [5.41, 5.74) is 7.00. The van der Waals surface area contributed by atoms with Gasteiger partial charge in [0, 0.05) is 12.0 Å². The van der Waals surface area contributed by atoms with Gasteiger partial charge in [0.1, 0.15) is 0 Å². The lowest BCUT2D eigenvalue weighted by molar-refractivity contribution is 0.297. The van der Waals surface area contributed by atoms with Gasteiger partial charge in [0.2, 0.25) is 0 Å². The van der Waals surface area contributed by atoms with Gasteiger partial charge in [-0.15, -0.1) is 0 Å². The van der Waals surface area contributed by atoms with Gasteiger partial charge in [-0.1, -0.05) is 6.07 Å². The maximum Gasteiger partial charge on any atom is 0.161 e. The fourth-order valence-electron chi connectivity index (χ4n) is 1.84. The molecule has 0 aliphatic carbocycles. The molecule has 88 valence electrons. The van der Waals surface area contributed by atoms with Crippen LogP contribution in [0.4, 0.5) is 0 Å². The van der Waals surface area contributed by atoms with Crippen LogP contribution in [0, 0.1) is 0 Å². The van der Waals surface area contributed by atoms with E-state index in [2.05, 4.69) is 6.07 Å². The molecule has 2 N–H and O–H groups in total. The molecule has 1 aliphatic heterocycles. The SMILES string of the molecule is CC(C)(N)Cc1ccc2c(c1)OCCCO2. The van der Waals surface area contributed by atoms with Gasteiger partial charge in [0.15, 0.2) is 11.5 Å². The van der Waals surface area contributed by atoms with Crippen LogP contribution >= 0.6 is 0 Å². The molecule has 1 aliphatic rings. The zero-order chi connectivity index (χ0) is 11.6. The molecule has 1 aromatic rings. The number of rotatable bonds is 2. The minimum Gasteiger partial charge on any atom is -0.490 e. The van der Waals surface area contributed by atoms with Crippen molar-refractivity contribution < 1.29 is 9.47 Å². The Kier molecular flexibility index (Phi) is 3.06. The van der Waals surface area contributed by atoms with Crippen molar-refractivity contribution in [3.63, 3.8) is 0 Å². The van der Waals surface area contributed by atoms with Crippen molar-refractivity contribution >= 4 is 0 Å². The highest BCUT2D eigenvalue weighted by molar-refractivity contribution is 5.43. The molecule has 0 saturated carbocycles. The smallest absolute Gasteiger partial charge is 0.161 e. The van der Waals surface area contributed by atoms with E-state index in [-0.39, 0.29) is 5.54 Å². The van der Waals surface area contributed by atoms with Crippen LogP contribution < -0.4 is 15.2 Å². The number of hydrogen-bond acceptors (Lipinski definition) is 3. The molecule has 0 atom stereocenters. The summed E-state index contributed by atoms with van der Waals surface area (Å²) < 4.78 is 11.2. The molecule has 1 aromatic carbocycles. The number of hydrogen-bond donors (Lipinski definition) is 1. The lowest BCUT2D eigenvalue weighted by atomic mass is 9.96. The second-order valence-electron chi connectivity index (χ2n) is 5.00. The lowest BCUT2D eigenvalue weighted by Gasteiger charge is -2.19. The number of nitrogens with two attached hydrogens (primary N) is 1. The lowest BCUT2D eigenvalue weighted by Crippen LogP contribution is -2.34. The van der Waals surface area contributed by atoms with Gasteiger partial charge in [0.25, 0.3) is 0 Å². The molecule has 0 radical (unpaired) electrons. The zero-order valence-electron chi connectivity index (χ0n) is 9.95. The summed E-state index contributed by atoms with van der Waals surface area (Å²) >= 11 is 0. The summed E-state index contributed by atoms with van der Waals surface area (Å²) in [6.45, 7) is 5.50. The molecule has 1 heterocycles. The second kappa shape index (κ2) is 4.34. The van der Waals surface area contributed by atoms with Gasteiger partial charge in [0.05, 0.1) is 13.2 Å². The summed E-state index contributed by atoms with van der Waals surface area (Å²) in [6.07, 6.45) is 1.77.